The Hall–Kier alpha value is -3.62. The van der Waals surface area contributed by atoms with Gasteiger partial charge in [-0.15, -0.1) is 0 Å². The van der Waals surface area contributed by atoms with E-state index < -0.39 is 5.91 Å². The zero-order chi connectivity index (χ0) is 21.3. The van der Waals surface area contributed by atoms with Crippen LogP contribution in [0.25, 0.3) is 17.0 Å². The lowest BCUT2D eigenvalue weighted by molar-refractivity contribution is 0.0944. The number of nitrogens with zero attached hydrogens (tertiary/aromatic N) is 4. The van der Waals surface area contributed by atoms with Crippen molar-refractivity contribution in [3.05, 3.63) is 93.9 Å². The van der Waals surface area contributed by atoms with Crippen LogP contribution in [-0.4, -0.2) is 20.3 Å². The molecule has 6 heteroatoms. The molecule has 0 aliphatic rings. The number of halogens is 1. The molecule has 0 N–H and O–H groups in total. The molecule has 0 aliphatic heterocycles. The topological polar surface area (TPSA) is 63.6 Å². The van der Waals surface area contributed by atoms with Crippen LogP contribution in [0.4, 0.5) is 0 Å². The molecule has 148 valence electrons. The van der Waals surface area contributed by atoms with E-state index in [1.165, 1.54) is 4.68 Å². The Bertz CT molecular complexity index is 1320. The fourth-order valence-corrected chi connectivity index (χ4v) is 3.68. The lowest BCUT2D eigenvalue weighted by Crippen LogP contribution is -2.15. The first-order valence-corrected chi connectivity index (χ1v) is 9.86. The molecule has 5 nitrogen and oxygen atoms in total. The highest BCUT2D eigenvalue weighted by atomic mass is 35.5. The van der Waals surface area contributed by atoms with Crippen molar-refractivity contribution in [3.63, 3.8) is 0 Å². The molecule has 0 saturated carbocycles. The van der Waals surface area contributed by atoms with E-state index in [2.05, 4.69) is 9.67 Å². The fraction of sp³-hybridized carbons (Fsp3) is 0.125. The largest absolute Gasteiger partial charge is 0.342 e. The number of carbonyl (C=O) groups excluding carboxylic acids is 1. The first kappa shape index (κ1) is 19.7. The van der Waals surface area contributed by atoms with Gasteiger partial charge in [-0.3, -0.25) is 4.79 Å². The van der Waals surface area contributed by atoms with Gasteiger partial charge in [0.25, 0.3) is 5.91 Å². The standard InChI is InChI=1S/C24H19ClN4O/c1-16-11-17(2)29(27-16)24(30)19(13-26)12-20-15-28(23-6-4-3-5-22(20)23)14-18-7-9-21(25)10-8-18/h3-12,15H,14H2,1-2H3/b19-12+. The summed E-state index contributed by atoms with van der Waals surface area (Å²) in [4.78, 5) is 12.9. The van der Waals surface area contributed by atoms with Gasteiger partial charge in [-0.1, -0.05) is 41.9 Å². The van der Waals surface area contributed by atoms with Crippen LogP contribution in [0.15, 0.2) is 66.4 Å². The van der Waals surface area contributed by atoms with Crippen molar-refractivity contribution in [2.24, 2.45) is 0 Å². The summed E-state index contributed by atoms with van der Waals surface area (Å²) in [5.74, 6) is -0.433. The van der Waals surface area contributed by atoms with E-state index in [1.54, 1.807) is 13.0 Å². The van der Waals surface area contributed by atoms with Crippen LogP contribution in [0.1, 0.15) is 27.3 Å². The van der Waals surface area contributed by atoms with Gasteiger partial charge in [0.15, 0.2) is 0 Å². The minimum Gasteiger partial charge on any atom is -0.342 e. The van der Waals surface area contributed by atoms with Gasteiger partial charge in [0.2, 0.25) is 0 Å². The molecule has 30 heavy (non-hydrogen) atoms. The molecule has 0 bridgehead atoms. The average Bonchev–Trinajstić information content (AvgIpc) is 3.26. The summed E-state index contributed by atoms with van der Waals surface area (Å²) >= 11 is 6.00. The molecule has 0 spiro atoms. The van der Waals surface area contributed by atoms with Gasteiger partial charge in [-0.2, -0.15) is 10.4 Å². The molecule has 2 aromatic heterocycles. The fourth-order valence-electron chi connectivity index (χ4n) is 3.55. The predicted octanol–water partition coefficient (Wildman–Crippen LogP) is 5.40. The number of nitriles is 1. The highest BCUT2D eigenvalue weighted by Crippen LogP contribution is 2.25. The predicted molar refractivity (Wildman–Crippen MR) is 118 cm³/mol. The van der Waals surface area contributed by atoms with Crippen molar-refractivity contribution < 1.29 is 4.79 Å². The Morgan fingerprint density at radius 2 is 1.90 bits per heavy atom. The van der Waals surface area contributed by atoms with Crippen molar-refractivity contribution in [1.82, 2.24) is 14.3 Å². The minimum absolute atomic E-state index is 0.0376. The van der Waals surface area contributed by atoms with Crippen molar-refractivity contribution in [3.8, 4) is 6.07 Å². The van der Waals surface area contributed by atoms with Gasteiger partial charge in [0.1, 0.15) is 11.6 Å². The summed E-state index contributed by atoms with van der Waals surface area (Å²) < 4.78 is 3.38. The highest BCUT2D eigenvalue weighted by molar-refractivity contribution is 6.30. The Balaban J connectivity index is 1.76. The van der Waals surface area contributed by atoms with E-state index in [0.29, 0.717) is 17.3 Å². The second kappa shape index (κ2) is 8.02. The summed E-state index contributed by atoms with van der Waals surface area (Å²) in [6.45, 7) is 4.26. The second-order valence-corrected chi connectivity index (χ2v) is 7.61. The van der Waals surface area contributed by atoms with Crippen LogP contribution < -0.4 is 0 Å². The number of aromatic nitrogens is 3. The van der Waals surface area contributed by atoms with E-state index >= 15 is 0 Å². The van der Waals surface area contributed by atoms with Gasteiger partial charge in [-0.05, 0) is 49.8 Å². The Labute approximate surface area is 179 Å². The third kappa shape index (κ3) is 3.78. The second-order valence-electron chi connectivity index (χ2n) is 7.17. The molecule has 0 atom stereocenters. The van der Waals surface area contributed by atoms with E-state index in [4.69, 9.17) is 11.6 Å². The van der Waals surface area contributed by atoms with Gasteiger partial charge in [0, 0.05) is 39.9 Å². The molecule has 0 radical (unpaired) electrons. The van der Waals surface area contributed by atoms with Crippen molar-refractivity contribution in [2.45, 2.75) is 20.4 Å². The maximum absolute atomic E-state index is 12.9. The maximum Gasteiger partial charge on any atom is 0.289 e. The van der Waals surface area contributed by atoms with Crippen LogP contribution >= 0.6 is 11.6 Å². The number of hydrogen-bond acceptors (Lipinski definition) is 3. The maximum atomic E-state index is 12.9. The molecule has 0 aliphatic carbocycles. The van der Waals surface area contributed by atoms with Crippen LogP contribution in [0.5, 0.6) is 0 Å². The van der Waals surface area contributed by atoms with Gasteiger partial charge >= 0.3 is 0 Å². The van der Waals surface area contributed by atoms with E-state index in [0.717, 1.165) is 27.7 Å². The van der Waals surface area contributed by atoms with E-state index in [-0.39, 0.29) is 5.57 Å². The number of para-hydroxylation sites is 1. The summed E-state index contributed by atoms with van der Waals surface area (Å²) in [6, 6.07) is 19.5. The molecule has 0 unspecified atom stereocenters. The van der Waals surface area contributed by atoms with Crippen molar-refractivity contribution in [1.29, 1.82) is 5.26 Å². The highest BCUT2D eigenvalue weighted by Gasteiger charge is 2.17. The summed E-state index contributed by atoms with van der Waals surface area (Å²) in [5.41, 5.74) is 4.41. The molecule has 0 amide bonds. The van der Waals surface area contributed by atoms with Gasteiger partial charge in [0.05, 0.1) is 5.69 Å². The number of aryl methyl sites for hydroxylation is 2. The first-order valence-electron chi connectivity index (χ1n) is 9.48. The number of hydrogen-bond donors (Lipinski definition) is 0. The first-order chi connectivity index (χ1) is 14.5. The molecule has 0 saturated heterocycles. The minimum atomic E-state index is -0.433. The van der Waals surface area contributed by atoms with Crippen LogP contribution in [0, 0.1) is 25.2 Å². The molecule has 4 rings (SSSR count). The Morgan fingerprint density at radius 1 is 1.17 bits per heavy atom. The zero-order valence-corrected chi connectivity index (χ0v) is 17.4. The molecule has 4 aromatic rings. The van der Waals surface area contributed by atoms with Gasteiger partial charge in [-0.25, -0.2) is 4.68 Å². The summed E-state index contributed by atoms with van der Waals surface area (Å²) in [6.07, 6.45) is 3.60. The smallest absolute Gasteiger partial charge is 0.289 e. The molecular weight excluding hydrogens is 396 g/mol. The number of rotatable bonds is 4. The lowest BCUT2D eigenvalue weighted by atomic mass is 10.1. The lowest BCUT2D eigenvalue weighted by Gasteiger charge is -2.05. The molecule has 2 aromatic carbocycles. The Kier molecular flexibility index (Phi) is 5.26. The van der Waals surface area contributed by atoms with E-state index in [1.807, 2.05) is 73.8 Å². The monoisotopic (exact) mass is 414 g/mol. The molecular formula is C24H19ClN4O. The molecule has 0 fully saturated rings. The quantitative estimate of drug-likeness (QED) is 0.331. The van der Waals surface area contributed by atoms with Crippen LogP contribution in [0.3, 0.4) is 0 Å². The number of allylic oxidation sites excluding steroid dienone is 1. The third-order valence-electron chi connectivity index (χ3n) is 4.94. The Morgan fingerprint density at radius 3 is 2.57 bits per heavy atom. The van der Waals surface area contributed by atoms with Crippen molar-refractivity contribution in [2.75, 3.05) is 0 Å². The summed E-state index contributed by atoms with van der Waals surface area (Å²) in [5, 5.41) is 15.5. The zero-order valence-electron chi connectivity index (χ0n) is 16.6. The van der Waals surface area contributed by atoms with Crippen LogP contribution in [-0.2, 0) is 6.54 Å². The third-order valence-corrected chi connectivity index (χ3v) is 5.19. The van der Waals surface area contributed by atoms with Crippen molar-refractivity contribution >= 4 is 34.5 Å². The normalized spacial score (nSPS) is 11.6. The average molecular weight is 415 g/mol. The van der Waals surface area contributed by atoms with Gasteiger partial charge < -0.3 is 4.57 Å². The number of carbonyl (C=O) groups is 1. The summed E-state index contributed by atoms with van der Waals surface area (Å²) in [7, 11) is 0. The number of fused-ring (bicyclic) bond motifs is 1. The number of benzene rings is 2. The van der Waals surface area contributed by atoms with Crippen LogP contribution in [0.2, 0.25) is 5.02 Å². The molecule has 2 heterocycles. The SMILES string of the molecule is Cc1cc(C)n(C(=O)/C(C#N)=C/c2cn(Cc3ccc(Cl)cc3)c3ccccc23)n1. The van der Waals surface area contributed by atoms with E-state index in [9.17, 15) is 10.1 Å².